The maximum Gasteiger partial charge on any atom is 0.338 e. The maximum atomic E-state index is 14.0. The molecular weight excluding hydrogens is 504 g/mol. The zero-order valence-electron chi connectivity index (χ0n) is 21.3. The molecule has 0 radical (unpaired) electrons. The van der Waals surface area contributed by atoms with Crippen molar-refractivity contribution in [3.05, 3.63) is 131 Å². The van der Waals surface area contributed by atoms with Crippen LogP contribution in [0.15, 0.2) is 103 Å². The van der Waals surface area contributed by atoms with Gasteiger partial charge in [-0.2, -0.15) is 0 Å². The molecule has 2 bridgehead atoms. The Morgan fingerprint density at radius 3 is 1.75 bits per heavy atom. The molecule has 0 saturated carbocycles. The van der Waals surface area contributed by atoms with E-state index >= 15 is 0 Å². The van der Waals surface area contributed by atoms with Gasteiger partial charge in [-0.25, -0.2) is 9.69 Å². The van der Waals surface area contributed by atoms with E-state index in [1.807, 2.05) is 30.3 Å². The number of hydrogen-bond acceptors (Lipinski definition) is 5. The third-order valence-corrected chi connectivity index (χ3v) is 8.18. The minimum atomic E-state index is -0.721. The average Bonchev–Trinajstić information content (AvgIpc) is 3.26. The zero-order valence-corrected chi connectivity index (χ0v) is 21.3. The van der Waals surface area contributed by atoms with Crippen LogP contribution in [0.4, 0.5) is 11.4 Å². The molecule has 0 unspecified atom stereocenters. The van der Waals surface area contributed by atoms with Crippen molar-refractivity contribution in [2.24, 2.45) is 11.8 Å². The number of rotatable bonds is 5. The average molecular weight is 529 g/mol. The predicted octanol–water partition coefficient (Wildman–Crippen LogP) is 4.88. The second-order valence-electron chi connectivity index (χ2n) is 10.3. The van der Waals surface area contributed by atoms with Crippen molar-refractivity contribution >= 4 is 35.1 Å². The van der Waals surface area contributed by atoms with E-state index in [2.05, 4.69) is 29.6 Å². The van der Waals surface area contributed by atoms with Gasteiger partial charge in [-0.3, -0.25) is 14.4 Å². The van der Waals surface area contributed by atoms with Crippen molar-refractivity contribution in [1.29, 1.82) is 0 Å². The number of hydrogen-bond donors (Lipinski definition) is 1. The number of nitrogens with zero attached hydrogens (tertiary/aromatic N) is 1. The van der Waals surface area contributed by atoms with E-state index < -0.39 is 30.3 Å². The molecule has 7 heteroatoms. The van der Waals surface area contributed by atoms with Gasteiger partial charge in [-0.15, -0.1) is 0 Å². The summed E-state index contributed by atoms with van der Waals surface area (Å²) in [4.78, 5) is 54.2. The van der Waals surface area contributed by atoms with Crippen LogP contribution >= 0.6 is 0 Å². The molecular formula is C33H24N2O5. The Morgan fingerprint density at radius 2 is 1.20 bits per heavy atom. The fourth-order valence-electron chi connectivity index (χ4n) is 6.64. The Bertz CT molecular complexity index is 1580. The Morgan fingerprint density at radius 1 is 0.675 bits per heavy atom. The van der Waals surface area contributed by atoms with Crippen molar-refractivity contribution in [2.45, 2.75) is 11.8 Å². The predicted molar refractivity (Wildman–Crippen MR) is 148 cm³/mol. The van der Waals surface area contributed by atoms with Gasteiger partial charge < -0.3 is 10.1 Å². The Balaban J connectivity index is 1.15. The number of benzene rings is 4. The first-order valence-corrected chi connectivity index (χ1v) is 13.2. The van der Waals surface area contributed by atoms with Crippen LogP contribution in [-0.2, 0) is 19.1 Å². The van der Waals surface area contributed by atoms with Gasteiger partial charge in [0.2, 0.25) is 11.8 Å². The number of carbonyl (C=O) groups excluding carboxylic acids is 4. The summed E-state index contributed by atoms with van der Waals surface area (Å²) in [6.45, 7) is -0.469. The molecule has 3 amide bonds. The summed E-state index contributed by atoms with van der Waals surface area (Å²) in [6.07, 6.45) is 0. The second kappa shape index (κ2) is 9.31. The fourth-order valence-corrected chi connectivity index (χ4v) is 6.64. The summed E-state index contributed by atoms with van der Waals surface area (Å²) in [5.74, 6) is -3.16. The van der Waals surface area contributed by atoms with E-state index in [0.29, 0.717) is 11.4 Å². The third kappa shape index (κ3) is 3.66. The first kappa shape index (κ1) is 24.0. The molecule has 0 aromatic heterocycles. The van der Waals surface area contributed by atoms with Crippen molar-refractivity contribution in [3.8, 4) is 0 Å². The Kier molecular flexibility index (Phi) is 5.59. The van der Waals surface area contributed by atoms with Crippen molar-refractivity contribution < 1.29 is 23.9 Å². The van der Waals surface area contributed by atoms with Crippen molar-refractivity contribution in [1.82, 2.24) is 0 Å². The highest BCUT2D eigenvalue weighted by Crippen LogP contribution is 2.61. The molecule has 196 valence electrons. The number of ether oxygens (including phenoxy) is 1. The summed E-state index contributed by atoms with van der Waals surface area (Å²) in [5.41, 5.74) is 5.46. The van der Waals surface area contributed by atoms with Gasteiger partial charge in [0.15, 0.2) is 6.61 Å². The van der Waals surface area contributed by atoms with E-state index in [4.69, 9.17) is 4.74 Å². The molecule has 3 aliphatic carbocycles. The lowest BCUT2D eigenvalue weighted by Crippen LogP contribution is -2.41. The molecule has 4 aliphatic rings. The third-order valence-electron chi connectivity index (χ3n) is 8.18. The number of esters is 1. The molecule has 40 heavy (non-hydrogen) atoms. The molecule has 1 N–H and O–H groups in total. The first-order valence-electron chi connectivity index (χ1n) is 13.2. The Hall–Kier alpha value is -5.04. The SMILES string of the molecule is O=C(COC(=O)c1cccc(N2C(=O)[C@@H]3C4c5ccccc5C(c5ccccc54)[C@H]3C2=O)c1)Nc1ccccc1. The van der Waals surface area contributed by atoms with Gasteiger partial charge >= 0.3 is 5.97 Å². The van der Waals surface area contributed by atoms with Gasteiger partial charge in [0.1, 0.15) is 0 Å². The summed E-state index contributed by atoms with van der Waals surface area (Å²) in [5, 5.41) is 2.66. The lowest BCUT2D eigenvalue weighted by atomic mass is 9.55. The summed E-state index contributed by atoms with van der Waals surface area (Å²) < 4.78 is 5.22. The van der Waals surface area contributed by atoms with E-state index in [0.717, 1.165) is 22.3 Å². The van der Waals surface area contributed by atoms with Crippen LogP contribution in [0, 0.1) is 11.8 Å². The number of nitrogens with one attached hydrogen (secondary N) is 1. The van der Waals surface area contributed by atoms with Gasteiger partial charge in [-0.05, 0) is 52.6 Å². The number of imide groups is 1. The van der Waals surface area contributed by atoms with Gasteiger partial charge in [0.05, 0.1) is 23.1 Å². The van der Waals surface area contributed by atoms with Crippen LogP contribution in [0.25, 0.3) is 0 Å². The van der Waals surface area contributed by atoms with Gasteiger partial charge in [0, 0.05) is 17.5 Å². The van der Waals surface area contributed by atoms with E-state index in [9.17, 15) is 19.2 Å². The van der Waals surface area contributed by atoms with Crippen LogP contribution in [-0.4, -0.2) is 30.3 Å². The number of anilines is 2. The fraction of sp³-hybridized carbons (Fsp3) is 0.152. The van der Waals surface area contributed by atoms with Crippen LogP contribution < -0.4 is 10.2 Å². The van der Waals surface area contributed by atoms with Gasteiger partial charge in [-0.1, -0.05) is 72.8 Å². The van der Waals surface area contributed by atoms with Crippen molar-refractivity contribution in [3.63, 3.8) is 0 Å². The highest BCUT2D eigenvalue weighted by atomic mass is 16.5. The van der Waals surface area contributed by atoms with Crippen LogP contribution in [0.3, 0.4) is 0 Å². The lowest BCUT2D eigenvalue weighted by Gasteiger charge is -2.45. The summed E-state index contributed by atoms with van der Waals surface area (Å²) in [6, 6.07) is 31.3. The topological polar surface area (TPSA) is 92.8 Å². The molecule has 2 atom stereocenters. The van der Waals surface area contributed by atoms with E-state index in [1.54, 1.807) is 36.4 Å². The number of amides is 3. The van der Waals surface area contributed by atoms with E-state index in [1.165, 1.54) is 17.0 Å². The maximum absolute atomic E-state index is 14.0. The lowest BCUT2D eigenvalue weighted by molar-refractivity contribution is -0.122. The molecule has 0 spiro atoms. The van der Waals surface area contributed by atoms with Crippen LogP contribution in [0.5, 0.6) is 0 Å². The normalized spacial score (nSPS) is 21.9. The summed E-state index contributed by atoms with van der Waals surface area (Å²) >= 11 is 0. The molecule has 1 saturated heterocycles. The second-order valence-corrected chi connectivity index (χ2v) is 10.3. The number of carbonyl (C=O) groups is 4. The van der Waals surface area contributed by atoms with Crippen molar-refractivity contribution in [2.75, 3.05) is 16.8 Å². The zero-order chi connectivity index (χ0) is 27.4. The first-order chi connectivity index (χ1) is 19.5. The highest BCUT2D eigenvalue weighted by molar-refractivity contribution is 6.23. The minimum Gasteiger partial charge on any atom is -0.452 e. The van der Waals surface area contributed by atoms with Gasteiger partial charge in [0.25, 0.3) is 5.91 Å². The molecule has 1 heterocycles. The smallest absolute Gasteiger partial charge is 0.338 e. The highest BCUT2D eigenvalue weighted by Gasteiger charge is 2.61. The quantitative estimate of drug-likeness (QED) is 0.295. The minimum absolute atomic E-state index is 0.148. The van der Waals surface area contributed by atoms with Crippen LogP contribution in [0.2, 0.25) is 0 Å². The molecule has 8 rings (SSSR count). The number of para-hydroxylation sites is 1. The molecule has 1 fully saturated rings. The molecule has 4 aromatic carbocycles. The molecule has 7 nitrogen and oxygen atoms in total. The molecule has 1 aliphatic heterocycles. The molecule has 4 aromatic rings. The largest absolute Gasteiger partial charge is 0.452 e. The van der Waals surface area contributed by atoms with Crippen LogP contribution in [0.1, 0.15) is 44.4 Å². The standard InChI is InChI=1S/C33H24N2O5/c36-26(34-20-10-2-1-3-11-20)18-40-33(39)19-9-8-12-21(17-19)35-31(37)29-27-22-13-4-5-14-23(22)28(30(29)32(35)38)25-16-7-6-15-24(25)27/h1-17,27-30H,18H2,(H,34,36)/t27?,28?,29-,30-/m1/s1. The van der Waals surface area contributed by atoms with E-state index in [-0.39, 0.29) is 29.2 Å². The monoisotopic (exact) mass is 528 g/mol. The Labute approximate surface area is 230 Å². The summed E-state index contributed by atoms with van der Waals surface area (Å²) in [7, 11) is 0.